The maximum absolute atomic E-state index is 11.4. The fourth-order valence-corrected chi connectivity index (χ4v) is 2.80. The van der Waals surface area contributed by atoms with Gasteiger partial charge in [0.15, 0.2) is 0 Å². The number of carbonyl (C=O) groups excluding carboxylic acids is 1. The molecule has 3 rings (SSSR count). The zero-order valence-electron chi connectivity index (χ0n) is 11.4. The third kappa shape index (κ3) is 2.48. The first kappa shape index (κ1) is 13.9. The number of aliphatic hydroxyl groups excluding tert-OH is 1. The molecule has 1 amide bonds. The van der Waals surface area contributed by atoms with E-state index in [4.69, 9.17) is 16.3 Å². The second-order valence-corrected chi connectivity index (χ2v) is 5.31. The molecule has 4 nitrogen and oxygen atoms in total. The first-order valence-electron chi connectivity index (χ1n) is 6.53. The van der Waals surface area contributed by atoms with E-state index in [9.17, 15) is 9.90 Å². The van der Waals surface area contributed by atoms with Crippen molar-refractivity contribution in [2.24, 2.45) is 0 Å². The summed E-state index contributed by atoms with van der Waals surface area (Å²) >= 11 is 6.24. The second kappa shape index (κ2) is 5.39. The molecule has 1 heterocycles. The van der Waals surface area contributed by atoms with Crippen LogP contribution in [0.5, 0.6) is 5.75 Å². The summed E-state index contributed by atoms with van der Waals surface area (Å²) in [7, 11) is 1.55. The molecular formula is C16H14ClNO3. The number of anilines is 1. The molecule has 1 atom stereocenters. The Labute approximate surface area is 127 Å². The van der Waals surface area contributed by atoms with Gasteiger partial charge in [0.05, 0.1) is 13.5 Å². The van der Waals surface area contributed by atoms with Gasteiger partial charge in [-0.15, -0.1) is 0 Å². The smallest absolute Gasteiger partial charge is 0.228 e. The summed E-state index contributed by atoms with van der Waals surface area (Å²) in [5.41, 5.74) is 2.75. The molecule has 0 fully saturated rings. The standard InChI is InChI=1S/C16H14ClNO3/c1-21-14-5-3-2-4-10(14)16(20)11-6-9-7-15(19)18-13(9)8-12(11)17/h2-6,8,16,20H,7H2,1H3,(H,18,19). The molecular weight excluding hydrogens is 290 g/mol. The topological polar surface area (TPSA) is 58.6 Å². The summed E-state index contributed by atoms with van der Waals surface area (Å²) < 4.78 is 5.27. The molecule has 2 aromatic rings. The van der Waals surface area contributed by atoms with Crippen LogP contribution in [0.1, 0.15) is 22.8 Å². The molecule has 108 valence electrons. The van der Waals surface area contributed by atoms with Crippen molar-refractivity contribution in [3.8, 4) is 5.75 Å². The number of amides is 1. The number of hydrogen-bond donors (Lipinski definition) is 2. The molecule has 1 aliphatic heterocycles. The number of ether oxygens (including phenoxy) is 1. The van der Waals surface area contributed by atoms with Crippen LogP contribution in [0.3, 0.4) is 0 Å². The predicted octanol–water partition coefficient (Wildman–Crippen LogP) is 2.92. The summed E-state index contributed by atoms with van der Waals surface area (Å²) in [5, 5.41) is 13.8. The van der Waals surface area contributed by atoms with E-state index in [0.29, 0.717) is 34.0 Å². The van der Waals surface area contributed by atoms with Crippen LogP contribution < -0.4 is 10.1 Å². The van der Waals surface area contributed by atoms with E-state index in [-0.39, 0.29) is 5.91 Å². The molecule has 1 aliphatic rings. The Kier molecular flexibility index (Phi) is 3.57. The highest BCUT2D eigenvalue weighted by Crippen LogP contribution is 2.37. The van der Waals surface area contributed by atoms with Crippen LogP contribution in [-0.2, 0) is 11.2 Å². The molecule has 0 bridgehead atoms. The number of aliphatic hydroxyl groups is 1. The Hall–Kier alpha value is -2.04. The van der Waals surface area contributed by atoms with Gasteiger partial charge in [-0.25, -0.2) is 0 Å². The first-order chi connectivity index (χ1) is 10.1. The quantitative estimate of drug-likeness (QED) is 0.916. The van der Waals surface area contributed by atoms with Crippen LogP contribution in [-0.4, -0.2) is 18.1 Å². The minimum atomic E-state index is -0.908. The van der Waals surface area contributed by atoms with E-state index >= 15 is 0 Å². The Morgan fingerprint density at radius 3 is 2.81 bits per heavy atom. The third-order valence-electron chi connectivity index (χ3n) is 3.58. The Bertz CT molecular complexity index is 715. The van der Waals surface area contributed by atoms with Crippen LogP contribution in [0.4, 0.5) is 5.69 Å². The van der Waals surface area contributed by atoms with Crippen molar-refractivity contribution in [1.82, 2.24) is 0 Å². The fraction of sp³-hybridized carbons (Fsp3) is 0.188. The maximum Gasteiger partial charge on any atom is 0.228 e. The van der Waals surface area contributed by atoms with Gasteiger partial charge in [0.1, 0.15) is 11.9 Å². The molecule has 0 radical (unpaired) electrons. The summed E-state index contributed by atoms with van der Waals surface area (Å²) in [6.07, 6.45) is -0.604. The highest BCUT2D eigenvalue weighted by atomic mass is 35.5. The van der Waals surface area contributed by atoms with Gasteiger partial charge in [0.2, 0.25) is 5.91 Å². The Morgan fingerprint density at radius 1 is 1.29 bits per heavy atom. The Balaban J connectivity index is 2.04. The number of para-hydroxylation sites is 1. The third-order valence-corrected chi connectivity index (χ3v) is 3.90. The molecule has 2 aromatic carbocycles. The van der Waals surface area contributed by atoms with Gasteiger partial charge in [-0.2, -0.15) is 0 Å². The van der Waals surface area contributed by atoms with Gasteiger partial charge in [0.25, 0.3) is 0 Å². The minimum Gasteiger partial charge on any atom is -0.496 e. The number of rotatable bonds is 3. The highest BCUT2D eigenvalue weighted by molar-refractivity contribution is 6.32. The summed E-state index contributed by atoms with van der Waals surface area (Å²) in [4.78, 5) is 11.4. The van der Waals surface area contributed by atoms with Crippen LogP contribution >= 0.6 is 11.6 Å². The van der Waals surface area contributed by atoms with Crippen molar-refractivity contribution >= 4 is 23.2 Å². The van der Waals surface area contributed by atoms with Crippen molar-refractivity contribution in [3.05, 3.63) is 58.1 Å². The predicted molar refractivity (Wildman–Crippen MR) is 80.8 cm³/mol. The molecule has 0 saturated heterocycles. The largest absolute Gasteiger partial charge is 0.496 e. The van der Waals surface area contributed by atoms with Gasteiger partial charge >= 0.3 is 0 Å². The molecule has 5 heteroatoms. The van der Waals surface area contributed by atoms with Crippen molar-refractivity contribution in [1.29, 1.82) is 0 Å². The first-order valence-corrected chi connectivity index (χ1v) is 6.91. The van der Waals surface area contributed by atoms with E-state index in [1.165, 1.54) is 0 Å². The number of nitrogens with one attached hydrogen (secondary N) is 1. The van der Waals surface area contributed by atoms with Gasteiger partial charge < -0.3 is 15.2 Å². The lowest BCUT2D eigenvalue weighted by Crippen LogP contribution is -2.04. The van der Waals surface area contributed by atoms with E-state index < -0.39 is 6.10 Å². The number of methoxy groups -OCH3 is 1. The fourth-order valence-electron chi connectivity index (χ4n) is 2.54. The van der Waals surface area contributed by atoms with E-state index in [0.717, 1.165) is 5.56 Å². The zero-order chi connectivity index (χ0) is 15.0. The van der Waals surface area contributed by atoms with E-state index in [1.54, 1.807) is 31.4 Å². The molecule has 0 aliphatic carbocycles. The van der Waals surface area contributed by atoms with Crippen molar-refractivity contribution < 1.29 is 14.6 Å². The minimum absolute atomic E-state index is 0.0648. The van der Waals surface area contributed by atoms with E-state index in [1.807, 2.05) is 12.1 Å². The molecule has 21 heavy (non-hydrogen) atoms. The monoisotopic (exact) mass is 303 g/mol. The summed E-state index contributed by atoms with van der Waals surface area (Å²) in [5.74, 6) is 0.528. The average molecular weight is 304 g/mol. The maximum atomic E-state index is 11.4. The van der Waals surface area contributed by atoms with Crippen LogP contribution in [0, 0.1) is 0 Å². The summed E-state index contributed by atoms with van der Waals surface area (Å²) in [6, 6.07) is 10.7. The zero-order valence-corrected chi connectivity index (χ0v) is 12.1. The lowest BCUT2D eigenvalue weighted by molar-refractivity contribution is -0.115. The van der Waals surface area contributed by atoms with Crippen LogP contribution in [0.25, 0.3) is 0 Å². The molecule has 0 saturated carbocycles. The number of benzene rings is 2. The van der Waals surface area contributed by atoms with Crippen LogP contribution in [0.2, 0.25) is 5.02 Å². The van der Waals surface area contributed by atoms with Crippen molar-refractivity contribution in [2.45, 2.75) is 12.5 Å². The Morgan fingerprint density at radius 2 is 2.05 bits per heavy atom. The normalized spacial score (nSPS) is 14.5. The summed E-state index contributed by atoms with van der Waals surface area (Å²) in [6.45, 7) is 0. The highest BCUT2D eigenvalue weighted by Gasteiger charge is 2.24. The lowest BCUT2D eigenvalue weighted by atomic mass is 9.98. The van der Waals surface area contributed by atoms with Crippen LogP contribution in [0.15, 0.2) is 36.4 Å². The van der Waals surface area contributed by atoms with Gasteiger partial charge in [0, 0.05) is 21.8 Å². The number of fused-ring (bicyclic) bond motifs is 1. The SMILES string of the molecule is COc1ccccc1C(O)c1cc2c(cc1Cl)NC(=O)C2. The molecule has 2 N–H and O–H groups in total. The average Bonchev–Trinajstić information content (AvgIpc) is 2.84. The number of hydrogen-bond acceptors (Lipinski definition) is 3. The van der Waals surface area contributed by atoms with E-state index in [2.05, 4.69) is 5.32 Å². The number of carbonyl (C=O) groups is 1. The lowest BCUT2D eigenvalue weighted by Gasteiger charge is -2.17. The van der Waals surface area contributed by atoms with Crippen molar-refractivity contribution in [2.75, 3.05) is 12.4 Å². The number of halogens is 1. The van der Waals surface area contributed by atoms with Gasteiger partial charge in [-0.3, -0.25) is 4.79 Å². The molecule has 0 aromatic heterocycles. The van der Waals surface area contributed by atoms with Gasteiger partial charge in [-0.1, -0.05) is 29.8 Å². The molecule has 0 spiro atoms. The van der Waals surface area contributed by atoms with Gasteiger partial charge in [-0.05, 0) is 23.8 Å². The molecule has 1 unspecified atom stereocenters. The second-order valence-electron chi connectivity index (χ2n) is 4.90. The van der Waals surface area contributed by atoms with Crippen molar-refractivity contribution in [3.63, 3.8) is 0 Å².